The number of rotatable bonds is 6. The van der Waals surface area contributed by atoms with Crippen LogP contribution in [0.1, 0.15) is 39.9 Å². The lowest BCUT2D eigenvalue weighted by Crippen LogP contribution is -2.45. The second kappa shape index (κ2) is 7.79. The number of carboxylic acid groups (broad SMARTS) is 1. The number of hydrogen-bond donors (Lipinski definition) is 1. The zero-order valence-electron chi connectivity index (χ0n) is 14.4. The summed E-state index contributed by atoms with van der Waals surface area (Å²) in [7, 11) is 1.57. The lowest BCUT2D eigenvalue weighted by molar-refractivity contribution is -0.140. The van der Waals surface area contributed by atoms with E-state index in [-0.39, 0.29) is 5.91 Å². The van der Waals surface area contributed by atoms with Gasteiger partial charge in [0.15, 0.2) is 0 Å². The van der Waals surface area contributed by atoms with Gasteiger partial charge < -0.3 is 14.7 Å². The van der Waals surface area contributed by atoms with Crippen LogP contribution in [-0.2, 0) is 4.79 Å². The number of fused-ring (bicyclic) bond motifs is 1. The predicted molar refractivity (Wildman–Crippen MR) is 98.9 cm³/mol. The number of ether oxygens (including phenoxy) is 1. The molecule has 0 fully saturated rings. The van der Waals surface area contributed by atoms with E-state index < -0.39 is 17.9 Å². The summed E-state index contributed by atoms with van der Waals surface area (Å²) in [4.78, 5) is 26.9. The Kier molecular flexibility index (Phi) is 5.47. The molecule has 3 rings (SSSR count). The number of methoxy groups -OCH3 is 1. The van der Waals surface area contributed by atoms with E-state index in [1.54, 1.807) is 48.4 Å². The van der Waals surface area contributed by atoms with Gasteiger partial charge >= 0.3 is 5.97 Å². The summed E-state index contributed by atoms with van der Waals surface area (Å²) >= 11 is 5.83. The number of carbonyl (C=O) groups is 2. The van der Waals surface area contributed by atoms with Gasteiger partial charge in [0.1, 0.15) is 11.7 Å². The third-order valence-corrected chi connectivity index (χ3v) is 4.96. The molecule has 0 bridgehead atoms. The molecule has 2 atom stereocenters. The summed E-state index contributed by atoms with van der Waals surface area (Å²) in [6, 6.07) is 13.5. The van der Waals surface area contributed by atoms with Gasteiger partial charge in [0.2, 0.25) is 0 Å². The standard InChI is InChI=1S/C20H20ClNO4/c1-26-14-9-7-13(8-10-14)18-17(20(24)25)15-5-2-3-6-16(15)19(23)22(18)12-4-11-21/h2-3,5-10,17-18H,4,11-12H2,1H3,(H,24,25)/t17-,18-/m0/s1. The summed E-state index contributed by atoms with van der Waals surface area (Å²) in [6.45, 7) is 0.400. The Labute approximate surface area is 157 Å². The van der Waals surface area contributed by atoms with E-state index in [2.05, 4.69) is 0 Å². The highest BCUT2D eigenvalue weighted by atomic mass is 35.5. The van der Waals surface area contributed by atoms with Gasteiger partial charge in [-0.3, -0.25) is 9.59 Å². The van der Waals surface area contributed by atoms with Crippen molar-refractivity contribution in [3.8, 4) is 5.75 Å². The molecule has 1 amide bonds. The van der Waals surface area contributed by atoms with E-state index >= 15 is 0 Å². The van der Waals surface area contributed by atoms with E-state index in [0.717, 1.165) is 5.56 Å². The van der Waals surface area contributed by atoms with Crippen LogP contribution >= 0.6 is 11.6 Å². The Morgan fingerprint density at radius 1 is 1.19 bits per heavy atom. The second-order valence-electron chi connectivity index (χ2n) is 6.16. The van der Waals surface area contributed by atoms with E-state index in [1.807, 2.05) is 12.1 Å². The number of nitrogens with zero attached hydrogens (tertiary/aromatic N) is 1. The van der Waals surface area contributed by atoms with Gasteiger partial charge in [0.05, 0.1) is 13.2 Å². The van der Waals surface area contributed by atoms with Crippen LogP contribution in [-0.4, -0.2) is 41.4 Å². The molecule has 6 heteroatoms. The van der Waals surface area contributed by atoms with Crippen molar-refractivity contribution in [1.82, 2.24) is 4.90 Å². The van der Waals surface area contributed by atoms with Crippen molar-refractivity contribution in [3.05, 3.63) is 65.2 Å². The van der Waals surface area contributed by atoms with Crippen molar-refractivity contribution in [3.63, 3.8) is 0 Å². The van der Waals surface area contributed by atoms with Crippen molar-refractivity contribution < 1.29 is 19.4 Å². The molecule has 1 heterocycles. The van der Waals surface area contributed by atoms with Crippen LogP contribution in [0.15, 0.2) is 48.5 Å². The van der Waals surface area contributed by atoms with Gasteiger partial charge in [-0.15, -0.1) is 11.6 Å². The molecular weight excluding hydrogens is 354 g/mol. The quantitative estimate of drug-likeness (QED) is 0.784. The molecule has 0 aliphatic carbocycles. The minimum Gasteiger partial charge on any atom is -0.497 e. The lowest BCUT2D eigenvalue weighted by Gasteiger charge is -2.41. The Bertz CT molecular complexity index is 806. The van der Waals surface area contributed by atoms with Crippen molar-refractivity contribution >= 4 is 23.5 Å². The maximum Gasteiger partial charge on any atom is 0.313 e. The van der Waals surface area contributed by atoms with Crippen molar-refractivity contribution in [2.24, 2.45) is 0 Å². The number of carboxylic acids is 1. The highest BCUT2D eigenvalue weighted by Crippen LogP contribution is 2.43. The van der Waals surface area contributed by atoms with Crippen LogP contribution in [0.4, 0.5) is 0 Å². The molecule has 2 aromatic rings. The summed E-state index contributed by atoms with van der Waals surface area (Å²) in [5.74, 6) is -0.882. The lowest BCUT2D eigenvalue weighted by atomic mass is 9.79. The molecule has 0 aromatic heterocycles. The zero-order chi connectivity index (χ0) is 18.7. The van der Waals surface area contributed by atoms with Crippen LogP contribution in [0, 0.1) is 0 Å². The Morgan fingerprint density at radius 2 is 1.88 bits per heavy atom. The second-order valence-corrected chi connectivity index (χ2v) is 6.54. The molecule has 1 aliphatic heterocycles. The normalized spacial score (nSPS) is 19.2. The van der Waals surface area contributed by atoms with E-state index in [9.17, 15) is 14.7 Å². The van der Waals surface area contributed by atoms with Crippen LogP contribution in [0.25, 0.3) is 0 Å². The Morgan fingerprint density at radius 3 is 2.50 bits per heavy atom. The minimum atomic E-state index is -0.957. The zero-order valence-corrected chi connectivity index (χ0v) is 15.1. The van der Waals surface area contributed by atoms with E-state index in [4.69, 9.17) is 16.3 Å². The number of halogens is 1. The van der Waals surface area contributed by atoms with Crippen molar-refractivity contribution in [2.75, 3.05) is 19.5 Å². The monoisotopic (exact) mass is 373 g/mol. The molecule has 0 radical (unpaired) electrons. The molecule has 136 valence electrons. The third kappa shape index (κ3) is 3.27. The van der Waals surface area contributed by atoms with Crippen LogP contribution in [0.3, 0.4) is 0 Å². The SMILES string of the molecule is COc1ccc([C@H]2[C@@H](C(=O)O)c3ccccc3C(=O)N2CCCCl)cc1. The van der Waals surface area contributed by atoms with Crippen molar-refractivity contribution in [2.45, 2.75) is 18.4 Å². The third-order valence-electron chi connectivity index (χ3n) is 4.69. The molecule has 2 aromatic carbocycles. The van der Waals surface area contributed by atoms with Crippen LogP contribution in [0.5, 0.6) is 5.75 Å². The smallest absolute Gasteiger partial charge is 0.313 e. The predicted octanol–water partition coefficient (Wildman–Crippen LogP) is 3.69. The number of hydrogen-bond acceptors (Lipinski definition) is 3. The number of aliphatic carboxylic acids is 1. The molecule has 0 spiro atoms. The Hall–Kier alpha value is -2.53. The maximum absolute atomic E-state index is 13.1. The van der Waals surface area contributed by atoms with Gasteiger partial charge in [-0.25, -0.2) is 0 Å². The first-order valence-electron chi connectivity index (χ1n) is 8.41. The number of benzene rings is 2. The number of amides is 1. The maximum atomic E-state index is 13.1. The molecule has 0 saturated heterocycles. The summed E-state index contributed by atoms with van der Waals surface area (Å²) in [5, 5.41) is 9.96. The van der Waals surface area contributed by atoms with Gasteiger partial charge in [-0.2, -0.15) is 0 Å². The average molecular weight is 374 g/mol. The van der Waals surface area contributed by atoms with Crippen LogP contribution < -0.4 is 4.74 Å². The van der Waals surface area contributed by atoms with E-state index in [0.29, 0.717) is 35.7 Å². The fraction of sp³-hybridized carbons (Fsp3) is 0.300. The molecule has 26 heavy (non-hydrogen) atoms. The van der Waals surface area contributed by atoms with Crippen molar-refractivity contribution in [1.29, 1.82) is 0 Å². The molecular formula is C20H20ClNO4. The number of carbonyl (C=O) groups excluding carboxylic acids is 1. The average Bonchev–Trinajstić information content (AvgIpc) is 2.67. The first-order chi connectivity index (χ1) is 12.6. The van der Waals surface area contributed by atoms with Crippen LogP contribution in [0.2, 0.25) is 0 Å². The summed E-state index contributed by atoms with van der Waals surface area (Å²) in [6.07, 6.45) is 0.592. The molecule has 0 saturated carbocycles. The van der Waals surface area contributed by atoms with Gasteiger partial charge in [-0.05, 0) is 35.7 Å². The first-order valence-corrected chi connectivity index (χ1v) is 8.94. The van der Waals surface area contributed by atoms with Gasteiger partial charge in [0, 0.05) is 18.0 Å². The number of alkyl halides is 1. The molecule has 0 unspecified atom stereocenters. The fourth-order valence-corrected chi connectivity index (χ4v) is 3.63. The van der Waals surface area contributed by atoms with Gasteiger partial charge in [-0.1, -0.05) is 30.3 Å². The van der Waals surface area contributed by atoms with Gasteiger partial charge in [0.25, 0.3) is 5.91 Å². The largest absolute Gasteiger partial charge is 0.497 e. The highest BCUT2D eigenvalue weighted by molar-refractivity contribution is 6.17. The Balaban J connectivity index is 2.14. The summed E-state index contributed by atoms with van der Waals surface area (Å²) < 4.78 is 5.19. The fourth-order valence-electron chi connectivity index (χ4n) is 3.51. The van der Waals surface area contributed by atoms with E-state index in [1.165, 1.54) is 0 Å². The molecule has 1 N–H and O–H groups in total. The topological polar surface area (TPSA) is 66.8 Å². The molecule has 1 aliphatic rings. The molecule has 5 nitrogen and oxygen atoms in total. The minimum absolute atomic E-state index is 0.163. The first kappa shape index (κ1) is 18.3. The summed E-state index contributed by atoms with van der Waals surface area (Å²) in [5.41, 5.74) is 1.75. The highest BCUT2D eigenvalue weighted by Gasteiger charge is 2.43.